The number of carbonyl (C=O) groups is 1. The summed E-state index contributed by atoms with van der Waals surface area (Å²) in [6, 6.07) is 17.4. The number of piperazine rings is 1. The zero-order valence-electron chi connectivity index (χ0n) is 20.2. The number of amides is 1. The fourth-order valence-corrected chi connectivity index (χ4v) is 5.72. The van der Waals surface area contributed by atoms with Crippen molar-refractivity contribution in [3.05, 3.63) is 95.0 Å². The molecule has 0 spiro atoms. The molecule has 202 valence electrons. The Balaban J connectivity index is 1.24. The van der Waals surface area contributed by atoms with Crippen LogP contribution in [0.25, 0.3) is 16.6 Å². The molecule has 0 radical (unpaired) electrons. The van der Waals surface area contributed by atoms with Gasteiger partial charge in [0.05, 0.1) is 21.5 Å². The number of halogens is 3. The number of sulfonamides is 1. The van der Waals surface area contributed by atoms with Gasteiger partial charge in [0.1, 0.15) is 12.1 Å². The fraction of sp³-hybridized carbons (Fsp3) is 0.192. The van der Waals surface area contributed by atoms with Gasteiger partial charge >= 0.3 is 6.36 Å². The van der Waals surface area contributed by atoms with Gasteiger partial charge in [0.2, 0.25) is 10.0 Å². The van der Waals surface area contributed by atoms with Crippen LogP contribution in [0.1, 0.15) is 10.4 Å². The molecule has 1 aliphatic heterocycles. The van der Waals surface area contributed by atoms with E-state index in [-0.39, 0.29) is 42.5 Å². The lowest BCUT2D eigenvalue weighted by Crippen LogP contribution is -2.50. The van der Waals surface area contributed by atoms with Crippen molar-refractivity contribution in [3.63, 3.8) is 0 Å². The van der Waals surface area contributed by atoms with Crippen molar-refractivity contribution in [2.75, 3.05) is 26.2 Å². The second-order valence-corrected chi connectivity index (χ2v) is 10.6. The van der Waals surface area contributed by atoms with Crippen LogP contribution in [0.3, 0.4) is 0 Å². The number of fused-ring (bicyclic) bond motifs is 1. The highest BCUT2D eigenvalue weighted by atomic mass is 32.2. The highest BCUT2D eigenvalue weighted by Gasteiger charge is 2.33. The van der Waals surface area contributed by atoms with Gasteiger partial charge in [-0.25, -0.2) is 13.4 Å². The second kappa shape index (κ2) is 10.2. The van der Waals surface area contributed by atoms with E-state index < -0.39 is 22.1 Å². The number of rotatable bonds is 5. The molecule has 0 atom stereocenters. The fourth-order valence-electron chi connectivity index (χ4n) is 4.29. The van der Waals surface area contributed by atoms with Gasteiger partial charge in [-0.2, -0.15) is 4.31 Å². The Morgan fingerprint density at radius 1 is 0.872 bits per heavy atom. The molecule has 3 aromatic carbocycles. The van der Waals surface area contributed by atoms with Gasteiger partial charge < -0.3 is 9.64 Å². The maximum absolute atomic E-state index is 13.0. The standard InChI is InChI=1S/C26H21F3N4O5S/c27-26(28,29)38-20-9-11-21(12-10-20)39(36,37)32-15-13-31(14-16-32)24(34)18-5-7-19(8-6-18)33-17-30-23-4-2-1-3-22(23)25(33)35/h1-12,17H,13-16H2. The number of aromatic nitrogens is 2. The van der Waals surface area contributed by atoms with E-state index in [1.54, 1.807) is 48.5 Å². The minimum atomic E-state index is -4.88. The van der Waals surface area contributed by atoms with Gasteiger partial charge in [-0.1, -0.05) is 12.1 Å². The third-order valence-corrected chi connectivity index (χ3v) is 8.19. The first-order valence-electron chi connectivity index (χ1n) is 11.7. The summed E-state index contributed by atoms with van der Waals surface area (Å²) < 4.78 is 69.3. The average molecular weight is 559 g/mol. The van der Waals surface area contributed by atoms with Crippen LogP contribution in [-0.2, 0) is 10.0 Å². The molecule has 39 heavy (non-hydrogen) atoms. The SMILES string of the molecule is O=C(c1ccc(-n2cnc3ccccc3c2=O)cc1)N1CCN(S(=O)(=O)c2ccc(OC(F)(F)F)cc2)CC1. The van der Waals surface area contributed by atoms with Crippen LogP contribution >= 0.6 is 0 Å². The molecule has 1 amide bonds. The third kappa shape index (κ3) is 5.49. The van der Waals surface area contributed by atoms with Crippen LogP contribution in [0.4, 0.5) is 13.2 Å². The smallest absolute Gasteiger partial charge is 0.406 e. The highest BCUT2D eigenvalue weighted by Crippen LogP contribution is 2.26. The molecule has 0 N–H and O–H groups in total. The summed E-state index contributed by atoms with van der Waals surface area (Å²) in [5, 5.41) is 0.471. The molecule has 9 nitrogen and oxygen atoms in total. The maximum Gasteiger partial charge on any atom is 0.573 e. The maximum atomic E-state index is 13.0. The van der Waals surface area contributed by atoms with E-state index in [0.717, 1.165) is 24.3 Å². The zero-order valence-corrected chi connectivity index (χ0v) is 21.0. The first-order chi connectivity index (χ1) is 18.5. The summed E-state index contributed by atoms with van der Waals surface area (Å²) in [4.78, 5) is 31.5. The van der Waals surface area contributed by atoms with Crippen LogP contribution in [0.5, 0.6) is 5.75 Å². The van der Waals surface area contributed by atoms with Crippen molar-refractivity contribution in [1.29, 1.82) is 0 Å². The Bertz CT molecular complexity index is 1680. The molecule has 0 unspecified atom stereocenters. The topological polar surface area (TPSA) is 102 Å². The minimum Gasteiger partial charge on any atom is -0.406 e. The van der Waals surface area contributed by atoms with Crippen LogP contribution in [0.15, 0.2) is 88.8 Å². The third-order valence-electron chi connectivity index (χ3n) is 6.28. The number of alkyl halides is 3. The quantitative estimate of drug-likeness (QED) is 0.372. The molecule has 0 saturated carbocycles. The lowest BCUT2D eigenvalue weighted by molar-refractivity contribution is -0.274. The van der Waals surface area contributed by atoms with Crippen LogP contribution in [0.2, 0.25) is 0 Å². The van der Waals surface area contributed by atoms with Gasteiger partial charge in [-0.05, 0) is 60.7 Å². The summed E-state index contributed by atoms with van der Waals surface area (Å²) in [5.74, 6) is -0.819. The molecule has 13 heteroatoms. The van der Waals surface area contributed by atoms with Crippen molar-refractivity contribution in [1.82, 2.24) is 18.8 Å². The molecule has 4 aromatic rings. The van der Waals surface area contributed by atoms with Crippen LogP contribution in [-0.4, -0.2) is 65.6 Å². The Kier molecular flexibility index (Phi) is 6.87. The van der Waals surface area contributed by atoms with Gasteiger partial charge in [-0.3, -0.25) is 14.2 Å². The van der Waals surface area contributed by atoms with Crippen LogP contribution < -0.4 is 10.3 Å². The molecular weight excluding hydrogens is 537 g/mol. The first kappa shape index (κ1) is 26.4. The number of para-hydroxylation sites is 1. The predicted octanol–water partition coefficient (Wildman–Crippen LogP) is 3.43. The lowest BCUT2D eigenvalue weighted by Gasteiger charge is -2.34. The highest BCUT2D eigenvalue weighted by molar-refractivity contribution is 7.89. The molecule has 1 saturated heterocycles. The Morgan fingerprint density at radius 3 is 2.15 bits per heavy atom. The van der Waals surface area contributed by atoms with Gasteiger partial charge in [0.25, 0.3) is 11.5 Å². The van der Waals surface area contributed by atoms with Gasteiger partial charge in [0.15, 0.2) is 0 Å². The molecule has 1 aromatic heterocycles. The molecule has 0 aliphatic carbocycles. The Labute approximate surface area is 220 Å². The number of carbonyl (C=O) groups excluding carboxylic acids is 1. The van der Waals surface area contributed by atoms with E-state index in [2.05, 4.69) is 9.72 Å². The normalized spacial score (nSPS) is 14.9. The molecule has 1 aliphatic rings. The summed E-state index contributed by atoms with van der Waals surface area (Å²) >= 11 is 0. The zero-order chi connectivity index (χ0) is 27.8. The summed E-state index contributed by atoms with van der Waals surface area (Å²) in [5.41, 5.74) is 1.26. The summed E-state index contributed by atoms with van der Waals surface area (Å²) in [6.07, 6.45) is -3.45. The lowest BCUT2D eigenvalue weighted by atomic mass is 10.1. The first-order valence-corrected chi connectivity index (χ1v) is 13.2. The molecular formula is C26H21F3N4O5S. The van der Waals surface area contributed by atoms with E-state index in [1.807, 2.05) is 0 Å². The van der Waals surface area contributed by atoms with Crippen molar-refractivity contribution in [2.45, 2.75) is 11.3 Å². The van der Waals surface area contributed by atoms with Crippen LogP contribution in [0, 0.1) is 0 Å². The molecule has 1 fully saturated rings. The number of benzene rings is 3. The van der Waals surface area contributed by atoms with Crippen molar-refractivity contribution >= 4 is 26.8 Å². The monoisotopic (exact) mass is 558 g/mol. The molecule has 5 rings (SSSR count). The minimum absolute atomic E-state index is 0.0190. The molecule has 0 bridgehead atoms. The number of nitrogens with zero attached hydrogens (tertiary/aromatic N) is 4. The summed E-state index contributed by atoms with van der Waals surface area (Å²) in [6.45, 7) is 0.294. The second-order valence-electron chi connectivity index (χ2n) is 8.70. The van der Waals surface area contributed by atoms with Gasteiger partial charge in [-0.15, -0.1) is 13.2 Å². The summed E-state index contributed by atoms with van der Waals surface area (Å²) in [7, 11) is -3.97. The van der Waals surface area contributed by atoms with Crippen molar-refractivity contribution < 1.29 is 31.1 Å². The predicted molar refractivity (Wildman–Crippen MR) is 135 cm³/mol. The number of ether oxygens (including phenoxy) is 1. The Hall–Kier alpha value is -4.23. The van der Waals surface area contributed by atoms with E-state index in [0.29, 0.717) is 22.2 Å². The van der Waals surface area contributed by atoms with E-state index in [4.69, 9.17) is 0 Å². The van der Waals surface area contributed by atoms with E-state index in [1.165, 1.54) is 20.1 Å². The largest absolute Gasteiger partial charge is 0.573 e. The average Bonchev–Trinajstić information content (AvgIpc) is 2.93. The van der Waals surface area contributed by atoms with Gasteiger partial charge in [0, 0.05) is 31.7 Å². The Morgan fingerprint density at radius 2 is 1.51 bits per heavy atom. The molecule has 2 heterocycles. The van der Waals surface area contributed by atoms with Crippen molar-refractivity contribution in [2.24, 2.45) is 0 Å². The van der Waals surface area contributed by atoms with E-state index >= 15 is 0 Å². The van der Waals surface area contributed by atoms with E-state index in [9.17, 15) is 31.2 Å². The van der Waals surface area contributed by atoms with Crippen molar-refractivity contribution in [3.8, 4) is 11.4 Å². The number of hydrogen-bond acceptors (Lipinski definition) is 6. The number of hydrogen-bond donors (Lipinski definition) is 0.